The van der Waals surface area contributed by atoms with Crippen molar-refractivity contribution in [3.63, 3.8) is 0 Å². The normalized spacial score (nSPS) is 20.3. The fraction of sp³-hybridized carbons (Fsp3) is 0.912. The van der Waals surface area contributed by atoms with Crippen molar-refractivity contribution in [3.8, 4) is 0 Å². The lowest BCUT2D eigenvalue weighted by atomic mass is 9.99. The highest BCUT2D eigenvalue weighted by atomic mass is 16.7. The van der Waals surface area contributed by atoms with Crippen molar-refractivity contribution in [2.75, 3.05) is 13.2 Å². The Labute approximate surface area is 411 Å². The number of unbranched alkanes of at least 4 members (excludes halogenated alkanes) is 36. The van der Waals surface area contributed by atoms with E-state index in [-0.39, 0.29) is 6.61 Å². The molecule has 1 aliphatic heterocycles. The molecule has 0 aromatic carbocycles. The molecule has 8 atom stereocenters. The van der Waals surface area contributed by atoms with Gasteiger partial charge in [-0.2, -0.15) is 0 Å². The van der Waals surface area contributed by atoms with E-state index in [4.69, 9.17) is 9.47 Å². The Morgan fingerprint density at radius 2 is 0.866 bits per heavy atom. The summed E-state index contributed by atoms with van der Waals surface area (Å²) in [6, 6.07) is -0.978. The van der Waals surface area contributed by atoms with Crippen molar-refractivity contribution in [3.05, 3.63) is 24.3 Å². The SMILES string of the molecule is CCCCCCCCCCCCCC/C=C\CCCCCCCCCCCCCCC(O)C(=O)NC(COC1OC(CO)C(O)C(O)C1O)C(O)/C=C/CCCCCCCCCCCCCC. The number of allylic oxidation sites excluding steroid dienone is 3. The maximum atomic E-state index is 13.1. The summed E-state index contributed by atoms with van der Waals surface area (Å²) in [5, 5.41) is 64.9. The smallest absolute Gasteiger partial charge is 0.249 e. The van der Waals surface area contributed by atoms with Crippen LogP contribution in [0.5, 0.6) is 0 Å². The molecule has 7 N–H and O–H groups in total. The van der Waals surface area contributed by atoms with Crippen LogP contribution in [-0.4, -0.2) is 98.7 Å². The predicted octanol–water partition coefficient (Wildman–Crippen LogP) is 12.8. The summed E-state index contributed by atoms with van der Waals surface area (Å²) in [6.45, 7) is 3.63. The highest BCUT2D eigenvalue weighted by molar-refractivity contribution is 5.80. The Morgan fingerprint density at radius 1 is 0.507 bits per heavy atom. The standard InChI is InChI=1S/C57H109NO9/c1-3-5-7-9-11-13-15-17-19-20-21-22-23-24-25-26-27-28-29-30-31-32-34-36-38-40-42-44-46-51(61)56(65)58-49(48-66-57-55(64)54(63)53(62)52(47-59)67-57)50(60)45-43-41-39-37-35-33-18-16-14-12-10-8-6-4-2/h24-25,43,45,49-55,57,59-64H,3-23,26-42,44,46-48H2,1-2H3,(H,58,65)/b25-24-,45-43+. The van der Waals surface area contributed by atoms with E-state index < -0.39 is 61.5 Å². The first kappa shape index (κ1) is 63.6. The van der Waals surface area contributed by atoms with Crippen LogP contribution in [0.3, 0.4) is 0 Å². The molecule has 1 rings (SSSR count). The number of carbonyl (C=O) groups is 1. The van der Waals surface area contributed by atoms with Gasteiger partial charge in [-0.05, 0) is 44.9 Å². The molecule has 10 nitrogen and oxygen atoms in total. The van der Waals surface area contributed by atoms with Crippen molar-refractivity contribution in [2.45, 2.75) is 320 Å². The number of carbonyl (C=O) groups excluding carboxylic acids is 1. The number of hydrogen-bond donors (Lipinski definition) is 7. The molecule has 0 aromatic rings. The van der Waals surface area contributed by atoms with E-state index in [0.717, 1.165) is 44.9 Å². The summed E-state index contributed by atoms with van der Waals surface area (Å²) in [5.41, 5.74) is 0. The summed E-state index contributed by atoms with van der Waals surface area (Å²) >= 11 is 0. The van der Waals surface area contributed by atoms with Crippen LogP contribution in [0.2, 0.25) is 0 Å². The molecular formula is C57H109NO9. The van der Waals surface area contributed by atoms with Gasteiger partial charge in [-0.1, -0.05) is 250 Å². The zero-order valence-electron chi connectivity index (χ0n) is 43.5. The van der Waals surface area contributed by atoms with E-state index >= 15 is 0 Å². The van der Waals surface area contributed by atoms with Crippen molar-refractivity contribution in [1.29, 1.82) is 0 Å². The Kier molecular flexibility index (Phi) is 44.6. The first-order chi connectivity index (χ1) is 32.8. The van der Waals surface area contributed by atoms with Crippen LogP contribution >= 0.6 is 0 Å². The number of nitrogens with one attached hydrogen (secondary N) is 1. The van der Waals surface area contributed by atoms with Crippen LogP contribution in [-0.2, 0) is 14.3 Å². The number of ether oxygens (including phenoxy) is 2. The molecule has 1 heterocycles. The van der Waals surface area contributed by atoms with Gasteiger partial charge < -0.3 is 45.4 Å². The van der Waals surface area contributed by atoms with Gasteiger partial charge in [0.25, 0.3) is 0 Å². The molecule has 67 heavy (non-hydrogen) atoms. The highest BCUT2D eigenvalue weighted by Crippen LogP contribution is 2.23. The Balaban J connectivity index is 2.21. The molecule has 1 amide bonds. The average Bonchev–Trinajstić information content (AvgIpc) is 3.33. The van der Waals surface area contributed by atoms with E-state index in [1.807, 2.05) is 6.08 Å². The molecule has 0 saturated carbocycles. The highest BCUT2D eigenvalue weighted by Gasteiger charge is 2.44. The second-order valence-electron chi connectivity index (χ2n) is 20.2. The van der Waals surface area contributed by atoms with Crippen LogP contribution in [0, 0.1) is 0 Å². The number of aliphatic hydroxyl groups excluding tert-OH is 6. The second kappa shape index (κ2) is 47.0. The summed E-state index contributed by atoms with van der Waals surface area (Å²) in [5.74, 6) is -0.614. The van der Waals surface area contributed by atoms with Crippen molar-refractivity contribution in [1.82, 2.24) is 5.32 Å². The molecule has 0 bridgehead atoms. The third-order valence-electron chi connectivity index (χ3n) is 13.9. The zero-order valence-corrected chi connectivity index (χ0v) is 43.5. The van der Waals surface area contributed by atoms with Crippen molar-refractivity contribution in [2.24, 2.45) is 0 Å². The Morgan fingerprint density at radius 3 is 1.25 bits per heavy atom. The summed E-state index contributed by atoms with van der Waals surface area (Å²) < 4.78 is 11.2. The van der Waals surface area contributed by atoms with E-state index in [9.17, 15) is 35.4 Å². The summed E-state index contributed by atoms with van der Waals surface area (Å²) in [6.07, 6.45) is 48.6. The first-order valence-electron chi connectivity index (χ1n) is 28.7. The summed E-state index contributed by atoms with van der Waals surface area (Å²) in [4.78, 5) is 13.1. The van der Waals surface area contributed by atoms with Gasteiger partial charge in [-0.3, -0.25) is 4.79 Å². The van der Waals surface area contributed by atoms with E-state index in [0.29, 0.717) is 6.42 Å². The lowest BCUT2D eigenvalue weighted by Crippen LogP contribution is -2.60. The molecule has 0 radical (unpaired) electrons. The number of rotatable bonds is 49. The lowest BCUT2D eigenvalue weighted by Gasteiger charge is -2.40. The van der Waals surface area contributed by atoms with Gasteiger partial charge in [-0.25, -0.2) is 0 Å². The number of hydrogen-bond acceptors (Lipinski definition) is 9. The zero-order chi connectivity index (χ0) is 48.8. The van der Waals surface area contributed by atoms with Crippen molar-refractivity contribution >= 4 is 5.91 Å². The van der Waals surface area contributed by atoms with E-state index in [1.165, 1.54) is 205 Å². The maximum absolute atomic E-state index is 13.1. The molecule has 396 valence electrons. The van der Waals surface area contributed by atoms with Crippen molar-refractivity contribution < 1.29 is 44.9 Å². The van der Waals surface area contributed by atoms with Gasteiger partial charge in [0, 0.05) is 0 Å². The first-order valence-corrected chi connectivity index (χ1v) is 28.7. The molecule has 8 unspecified atom stereocenters. The van der Waals surface area contributed by atoms with Crippen LogP contribution < -0.4 is 5.32 Å². The van der Waals surface area contributed by atoms with Gasteiger partial charge in [0.2, 0.25) is 5.91 Å². The third-order valence-corrected chi connectivity index (χ3v) is 13.9. The van der Waals surface area contributed by atoms with E-state index in [2.05, 4.69) is 31.3 Å². The number of amides is 1. The Bertz CT molecular complexity index is 1120. The molecule has 0 aromatic heterocycles. The third kappa shape index (κ3) is 36.2. The van der Waals surface area contributed by atoms with Crippen LogP contribution in [0.1, 0.15) is 271 Å². The molecule has 1 aliphatic rings. The second-order valence-corrected chi connectivity index (χ2v) is 20.2. The molecule has 0 spiro atoms. The Hall–Kier alpha value is -1.37. The molecular weight excluding hydrogens is 843 g/mol. The van der Waals surface area contributed by atoms with Crippen LogP contribution in [0.25, 0.3) is 0 Å². The summed E-state index contributed by atoms with van der Waals surface area (Å²) in [7, 11) is 0. The molecule has 1 saturated heterocycles. The van der Waals surface area contributed by atoms with Gasteiger partial charge in [0.05, 0.1) is 25.4 Å². The minimum absolute atomic E-state index is 0.303. The van der Waals surface area contributed by atoms with Gasteiger partial charge in [-0.15, -0.1) is 0 Å². The molecule has 0 aliphatic carbocycles. The minimum Gasteiger partial charge on any atom is -0.394 e. The van der Waals surface area contributed by atoms with Gasteiger partial charge >= 0.3 is 0 Å². The topological polar surface area (TPSA) is 169 Å². The predicted molar refractivity (Wildman–Crippen MR) is 278 cm³/mol. The van der Waals surface area contributed by atoms with Gasteiger partial charge in [0.1, 0.15) is 30.5 Å². The largest absolute Gasteiger partial charge is 0.394 e. The quantitative estimate of drug-likeness (QED) is 0.0232. The van der Waals surface area contributed by atoms with Crippen LogP contribution in [0.4, 0.5) is 0 Å². The minimum atomic E-state index is -1.61. The molecule has 10 heteroatoms. The van der Waals surface area contributed by atoms with Crippen LogP contribution in [0.15, 0.2) is 24.3 Å². The fourth-order valence-corrected chi connectivity index (χ4v) is 9.22. The number of aliphatic hydroxyl groups is 6. The fourth-order valence-electron chi connectivity index (χ4n) is 9.22. The van der Waals surface area contributed by atoms with Gasteiger partial charge in [0.15, 0.2) is 6.29 Å². The maximum Gasteiger partial charge on any atom is 0.249 e. The average molecular weight is 952 g/mol. The van der Waals surface area contributed by atoms with E-state index in [1.54, 1.807) is 6.08 Å². The monoisotopic (exact) mass is 952 g/mol. The lowest BCUT2D eigenvalue weighted by molar-refractivity contribution is -0.302. The molecule has 1 fully saturated rings.